The highest BCUT2D eigenvalue weighted by atomic mass is 35.5. The summed E-state index contributed by atoms with van der Waals surface area (Å²) >= 11 is 5.67. The number of nitrogens with one attached hydrogen (secondary N) is 1. The first-order valence-electron chi connectivity index (χ1n) is 4.83. The van der Waals surface area contributed by atoms with E-state index in [1.807, 2.05) is 24.3 Å². The van der Waals surface area contributed by atoms with Crippen LogP contribution in [-0.4, -0.2) is 17.7 Å². The molecule has 0 heterocycles. The molecule has 0 aliphatic heterocycles. The summed E-state index contributed by atoms with van der Waals surface area (Å²) in [6, 6.07) is 8.04. The third kappa shape index (κ3) is 4.70. The normalized spacial score (nSPS) is 9.93. The van der Waals surface area contributed by atoms with Crippen LogP contribution in [0.3, 0.4) is 0 Å². The van der Waals surface area contributed by atoms with Crippen LogP contribution in [0, 0.1) is 0 Å². The second-order valence-electron chi connectivity index (χ2n) is 3.29. The van der Waals surface area contributed by atoms with Crippen molar-refractivity contribution >= 4 is 17.7 Å². The van der Waals surface area contributed by atoms with Crippen LogP contribution in [0.25, 0.3) is 0 Å². The maximum absolute atomic E-state index is 10.2. The topological polar surface area (TPSA) is 49.3 Å². The standard InChI is InChI=1S/C11H14ClNO2/c12-8-10-5-3-9(4-6-10)2-1-7-13-11(14)15/h3-6,13H,1-2,7-8H2,(H,14,15). The van der Waals surface area contributed by atoms with E-state index in [9.17, 15) is 4.79 Å². The molecule has 0 saturated heterocycles. The molecule has 82 valence electrons. The predicted molar refractivity (Wildman–Crippen MR) is 60.3 cm³/mol. The van der Waals surface area contributed by atoms with E-state index in [-0.39, 0.29) is 0 Å². The van der Waals surface area contributed by atoms with Crippen LogP contribution in [0.5, 0.6) is 0 Å². The van der Waals surface area contributed by atoms with Crippen molar-refractivity contribution < 1.29 is 9.90 Å². The minimum atomic E-state index is -0.965. The Morgan fingerprint density at radius 2 is 1.87 bits per heavy atom. The maximum atomic E-state index is 10.2. The highest BCUT2D eigenvalue weighted by Crippen LogP contribution is 2.08. The van der Waals surface area contributed by atoms with Crippen molar-refractivity contribution in [1.29, 1.82) is 0 Å². The molecule has 1 amide bonds. The van der Waals surface area contributed by atoms with Gasteiger partial charge in [-0.25, -0.2) is 4.79 Å². The molecule has 0 aliphatic carbocycles. The first-order valence-corrected chi connectivity index (χ1v) is 5.36. The van der Waals surface area contributed by atoms with Crippen LogP contribution in [-0.2, 0) is 12.3 Å². The Balaban J connectivity index is 2.28. The Hall–Kier alpha value is -1.22. The van der Waals surface area contributed by atoms with E-state index in [1.54, 1.807) is 0 Å². The molecule has 2 N–H and O–H groups in total. The van der Waals surface area contributed by atoms with Gasteiger partial charge >= 0.3 is 6.09 Å². The lowest BCUT2D eigenvalue weighted by molar-refractivity contribution is 0.194. The van der Waals surface area contributed by atoms with E-state index in [0.29, 0.717) is 12.4 Å². The zero-order chi connectivity index (χ0) is 11.1. The van der Waals surface area contributed by atoms with Crippen LogP contribution in [0.1, 0.15) is 17.5 Å². The number of rotatable bonds is 5. The fourth-order valence-corrected chi connectivity index (χ4v) is 1.46. The monoisotopic (exact) mass is 227 g/mol. The highest BCUT2D eigenvalue weighted by molar-refractivity contribution is 6.17. The molecule has 0 saturated carbocycles. The second-order valence-corrected chi connectivity index (χ2v) is 3.55. The Kier molecular flexibility index (Phi) is 4.98. The average molecular weight is 228 g/mol. The van der Waals surface area contributed by atoms with Crippen molar-refractivity contribution in [3.05, 3.63) is 35.4 Å². The molecule has 0 atom stereocenters. The summed E-state index contributed by atoms with van der Waals surface area (Å²) in [4.78, 5) is 10.2. The van der Waals surface area contributed by atoms with Crippen LogP contribution >= 0.6 is 11.6 Å². The molecule has 1 rings (SSSR count). The van der Waals surface area contributed by atoms with Crippen LogP contribution < -0.4 is 5.32 Å². The van der Waals surface area contributed by atoms with Gasteiger partial charge in [-0.3, -0.25) is 0 Å². The predicted octanol–water partition coefficient (Wildman–Crippen LogP) is 2.63. The third-order valence-corrected chi connectivity index (χ3v) is 2.40. The Bertz CT molecular complexity index is 311. The number of alkyl halides is 1. The molecule has 15 heavy (non-hydrogen) atoms. The van der Waals surface area contributed by atoms with Gasteiger partial charge in [-0.05, 0) is 24.0 Å². The minimum absolute atomic E-state index is 0.493. The summed E-state index contributed by atoms with van der Waals surface area (Å²) in [5.41, 5.74) is 2.31. The molecular formula is C11H14ClNO2. The quantitative estimate of drug-likeness (QED) is 0.600. The van der Waals surface area contributed by atoms with Gasteiger partial charge in [0.1, 0.15) is 0 Å². The average Bonchev–Trinajstić information content (AvgIpc) is 2.25. The number of hydrogen-bond acceptors (Lipinski definition) is 1. The highest BCUT2D eigenvalue weighted by Gasteiger charge is 1.96. The first kappa shape index (κ1) is 11.9. The summed E-state index contributed by atoms with van der Waals surface area (Å²) in [6.07, 6.45) is 0.725. The number of carboxylic acid groups (broad SMARTS) is 1. The van der Waals surface area contributed by atoms with Crippen molar-refractivity contribution in [3.63, 3.8) is 0 Å². The summed E-state index contributed by atoms with van der Waals surface area (Å²) < 4.78 is 0. The van der Waals surface area contributed by atoms with Gasteiger partial charge in [-0.15, -0.1) is 11.6 Å². The number of carbonyl (C=O) groups is 1. The largest absolute Gasteiger partial charge is 0.465 e. The van der Waals surface area contributed by atoms with Crippen LogP contribution in [0.2, 0.25) is 0 Å². The van der Waals surface area contributed by atoms with Crippen molar-refractivity contribution in [2.45, 2.75) is 18.7 Å². The Morgan fingerprint density at radius 3 is 2.40 bits per heavy atom. The summed E-state index contributed by atoms with van der Waals surface area (Å²) in [6.45, 7) is 0.493. The Labute approximate surface area is 94.1 Å². The molecule has 0 radical (unpaired) electrons. The van der Waals surface area contributed by atoms with Crippen molar-refractivity contribution in [1.82, 2.24) is 5.32 Å². The number of aryl methyl sites for hydroxylation is 1. The second kappa shape index (κ2) is 6.30. The van der Waals surface area contributed by atoms with Gasteiger partial charge in [0, 0.05) is 12.4 Å². The minimum Gasteiger partial charge on any atom is -0.465 e. The fourth-order valence-electron chi connectivity index (χ4n) is 1.28. The molecule has 0 bridgehead atoms. The molecule has 0 unspecified atom stereocenters. The molecule has 0 aromatic heterocycles. The van der Waals surface area contributed by atoms with E-state index < -0.39 is 6.09 Å². The number of benzene rings is 1. The number of amides is 1. The zero-order valence-electron chi connectivity index (χ0n) is 8.37. The van der Waals surface area contributed by atoms with Gasteiger partial charge in [0.25, 0.3) is 0 Å². The zero-order valence-corrected chi connectivity index (χ0v) is 9.13. The number of hydrogen-bond donors (Lipinski definition) is 2. The summed E-state index contributed by atoms with van der Waals surface area (Å²) in [5.74, 6) is 0.529. The van der Waals surface area contributed by atoms with Gasteiger partial charge in [0.05, 0.1) is 0 Å². The van der Waals surface area contributed by atoms with E-state index in [4.69, 9.17) is 16.7 Å². The van der Waals surface area contributed by atoms with Crippen molar-refractivity contribution in [3.8, 4) is 0 Å². The molecule has 1 aromatic rings. The lowest BCUT2D eigenvalue weighted by Crippen LogP contribution is -2.22. The SMILES string of the molecule is O=C(O)NCCCc1ccc(CCl)cc1. The van der Waals surface area contributed by atoms with Crippen molar-refractivity contribution in [2.24, 2.45) is 0 Å². The maximum Gasteiger partial charge on any atom is 0.404 e. The van der Waals surface area contributed by atoms with Gasteiger partial charge in [-0.1, -0.05) is 24.3 Å². The first-order chi connectivity index (χ1) is 7.22. The Morgan fingerprint density at radius 1 is 1.27 bits per heavy atom. The van der Waals surface area contributed by atoms with Crippen molar-refractivity contribution in [2.75, 3.05) is 6.54 Å². The smallest absolute Gasteiger partial charge is 0.404 e. The van der Waals surface area contributed by atoms with E-state index in [2.05, 4.69) is 5.32 Å². The molecule has 0 aliphatic rings. The van der Waals surface area contributed by atoms with Gasteiger partial charge in [0.2, 0.25) is 0 Å². The van der Waals surface area contributed by atoms with E-state index >= 15 is 0 Å². The number of halogens is 1. The molecular weight excluding hydrogens is 214 g/mol. The van der Waals surface area contributed by atoms with Crippen LogP contribution in [0.4, 0.5) is 4.79 Å². The third-order valence-electron chi connectivity index (χ3n) is 2.10. The lowest BCUT2D eigenvalue weighted by atomic mass is 10.1. The van der Waals surface area contributed by atoms with Gasteiger partial charge in [0.15, 0.2) is 0 Å². The van der Waals surface area contributed by atoms with Gasteiger partial charge < -0.3 is 10.4 Å². The molecule has 0 spiro atoms. The molecule has 0 fully saturated rings. The molecule has 3 nitrogen and oxygen atoms in total. The fraction of sp³-hybridized carbons (Fsp3) is 0.364. The van der Waals surface area contributed by atoms with E-state index in [1.165, 1.54) is 5.56 Å². The molecule has 1 aromatic carbocycles. The summed E-state index contributed by atoms with van der Waals surface area (Å²) in [7, 11) is 0. The van der Waals surface area contributed by atoms with Crippen LogP contribution in [0.15, 0.2) is 24.3 Å². The summed E-state index contributed by atoms with van der Waals surface area (Å²) in [5, 5.41) is 10.7. The van der Waals surface area contributed by atoms with E-state index in [0.717, 1.165) is 18.4 Å². The van der Waals surface area contributed by atoms with Gasteiger partial charge in [-0.2, -0.15) is 0 Å². The lowest BCUT2D eigenvalue weighted by Gasteiger charge is -2.02. The molecule has 4 heteroatoms.